The number of rotatable bonds is 3. The van der Waals surface area contributed by atoms with E-state index in [1.165, 1.54) is 0 Å². The van der Waals surface area contributed by atoms with Gasteiger partial charge in [0.1, 0.15) is 12.2 Å². The average Bonchev–Trinajstić information content (AvgIpc) is 2.70. The summed E-state index contributed by atoms with van der Waals surface area (Å²) in [6, 6.07) is 11.6. The van der Waals surface area contributed by atoms with Crippen LogP contribution >= 0.6 is 0 Å². The molecule has 17 heavy (non-hydrogen) atoms. The van der Waals surface area contributed by atoms with Gasteiger partial charge >= 0.3 is 0 Å². The van der Waals surface area contributed by atoms with E-state index in [0.29, 0.717) is 12.2 Å². The predicted molar refractivity (Wildman–Crippen MR) is 65.6 cm³/mol. The van der Waals surface area contributed by atoms with Crippen molar-refractivity contribution in [3.05, 3.63) is 36.0 Å². The van der Waals surface area contributed by atoms with Gasteiger partial charge in [0.2, 0.25) is 0 Å². The third-order valence-electron chi connectivity index (χ3n) is 2.61. The van der Waals surface area contributed by atoms with Gasteiger partial charge in [-0.15, -0.1) is 0 Å². The molecule has 1 aromatic heterocycles. The Balaban J connectivity index is 2.58. The number of amides is 1. The van der Waals surface area contributed by atoms with Gasteiger partial charge < -0.3 is 9.88 Å². The van der Waals surface area contributed by atoms with Crippen LogP contribution in [-0.4, -0.2) is 17.0 Å². The number of carbonyl (C=O) groups is 1. The summed E-state index contributed by atoms with van der Waals surface area (Å²) in [5, 5.41) is 12.6. The summed E-state index contributed by atoms with van der Waals surface area (Å²) in [6.45, 7) is 2.63. The summed E-state index contributed by atoms with van der Waals surface area (Å²) in [7, 11) is 0. The lowest BCUT2D eigenvalue weighted by Gasteiger charge is -2.05. The molecule has 0 aliphatic heterocycles. The number of carbonyl (C=O) groups excluding carboxylic acids is 1. The molecule has 4 heteroatoms. The molecular weight excluding hydrogens is 214 g/mol. The van der Waals surface area contributed by atoms with E-state index in [1.54, 1.807) is 4.57 Å². The maximum absolute atomic E-state index is 11.9. The van der Waals surface area contributed by atoms with Gasteiger partial charge in [0.15, 0.2) is 0 Å². The number of nitriles is 1. The molecule has 1 N–H and O–H groups in total. The first-order chi connectivity index (χ1) is 8.27. The van der Waals surface area contributed by atoms with E-state index >= 15 is 0 Å². The van der Waals surface area contributed by atoms with Crippen LogP contribution in [0, 0.1) is 11.3 Å². The Morgan fingerprint density at radius 1 is 1.47 bits per heavy atom. The first-order valence-electron chi connectivity index (χ1n) is 5.51. The zero-order chi connectivity index (χ0) is 12.3. The fraction of sp³-hybridized carbons (Fsp3) is 0.231. The van der Waals surface area contributed by atoms with Crippen molar-refractivity contribution < 1.29 is 4.79 Å². The number of hydrogen-bond acceptors (Lipinski definition) is 2. The number of benzene rings is 1. The summed E-state index contributed by atoms with van der Waals surface area (Å²) in [6.07, 6.45) is 0. The van der Waals surface area contributed by atoms with Crippen LogP contribution in [0.4, 0.5) is 0 Å². The van der Waals surface area contributed by atoms with Crippen molar-refractivity contribution in [2.45, 2.75) is 13.5 Å². The van der Waals surface area contributed by atoms with Gasteiger partial charge in [0.25, 0.3) is 5.91 Å². The number of nitrogens with zero attached hydrogens (tertiary/aromatic N) is 2. The monoisotopic (exact) mass is 227 g/mol. The maximum Gasteiger partial charge on any atom is 0.267 e. The van der Waals surface area contributed by atoms with Crippen LogP contribution in [-0.2, 0) is 6.54 Å². The average molecular weight is 227 g/mol. The molecular formula is C13H13N3O. The van der Waals surface area contributed by atoms with E-state index < -0.39 is 0 Å². The highest BCUT2D eigenvalue weighted by molar-refractivity contribution is 5.98. The van der Waals surface area contributed by atoms with Crippen LogP contribution in [0.3, 0.4) is 0 Å². The highest BCUT2D eigenvalue weighted by Gasteiger charge is 2.13. The molecule has 1 amide bonds. The summed E-state index contributed by atoms with van der Waals surface area (Å²) in [5.74, 6) is -0.140. The quantitative estimate of drug-likeness (QED) is 0.870. The molecule has 0 aliphatic carbocycles. The Hall–Kier alpha value is -2.28. The molecule has 0 radical (unpaired) electrons. The summed E-state index contributed by atoms with van der Waals surface area (Å²) >= 11 is 0. The van der Waals surface area contributed by atoms with Crippen molar-refractivity contribution in [3.8, 4) is 6.07 Å². The first kappa shape index (κ1) is 11.2. The number of hydrogen-bond donors (Lipinski definition) is 1. The summed E-state index contributed by atoms with van der Waals surface area (Å²) in [5.41, 5.74) is 1.45. The second kappa shape index (κ2) is 4.71. The molecule has 4 nitrogen and oxygen atoms in total. The topological polar surface area (TPSA) is 57.8 Å². The Kier molecular flexibility index (Phi) is 3.10. The van der Waals surface area contributed by atoms with Crippen molar-refractivity contribution in [3.63, 3.8) is 0 Å². The Bertz CT molecular complexity index is 592. The molecule has 0 unspecified atom stereocenters. The largest absolute Gasteiger partial charge is 0.351 e. The molecule has 0 atom stereocenters. The van der Waals surface area contributed by atoms with Gasteiger partial charge in [-0.2, -0.15) is 5.26 Å². The Morgan fingerprint density at radius 2 is 2.24 bits per heavy atom. The molecule has 1 aromatic carbocycles. The number of fused-ring (bicyclic) bond motifs is 1. The maximum atomic E-state index is 11.9. The van der Waals surface area contributed by atoms with Crippen molar-refractivity contribution in [1.82, 2.24) is 9.88 Å². The summed E-state index contributed by atoms with van der Waals surface area (Å²) in [4.78, 5) is 11.9. The normalized spacial score (nSPS) is 10.1. The van der Waals surface area contributed by atoms with E-state index in [4.69, 9.17) is 5.26 Å². The standard InChI is InChI=1S/C13H13N3O/c1-2-15-13(17)12-9-10-5-3-4-6-11(10)16(12)8-7-14/h3-6,9H,2,8H2,1H3,(H,15,17). The van der Waals surface area contributed by atoms with Gasteiger partial charge in [0, 0.05) is 17.4 Å². The third kappa shape index (κ3) is 2.00. The minimum Gasteiger partial charge on any atom is -0.351 e. The minimum absolute atomic E-state index is 0.140. The van der Waals surface area contributed by atoms with Crippen LogP contribution in [0.2, 0.25) is 0 Å². The number of para-hydroxylation sites is 1. The van der Waals surface area contributed by atoms with Gasteiger partial charge in [-0.3, -0.25) is 4.79 Å². The van der Waals surface area contributed by atoms with Gasteiger partial charge in [-0.05, 0) is 19.1 Å². The van der Waals surface area contributed by atoms with Gasteiger partial charge in [-0.1, -0.05) is 18.2 Å². The lowest BCUT2D eigenvalue weighted by Crippen LogP contribution is -2.25. The van der Waals surface area contributed by atoms with Crippen LogP contribution in [0.1, 0.15) is 17.4 Å². The SMILES string of the molecule is CCNC(=O)c1cc2ccccc2n1CC#N. The van der Waals surface area contributed by atoms with E-state index in [0.717, 1.165) is 10.9 Å². The van der Waals surface area contributed by atoms with Gasteiger partial charge in [0.05, 0.1) is 6.07 Å². The van der Waals surface area contributed by atoms with Crippen LogP contribution < -0.4 is 5.32 Å². The molecule has 2 rings (SSSR count). The van der Waals surface area contributed by atoms with E-state index in [1.807, 2.05) is 37.3 Å². The van der Waals surface area contributed by atoms with Crippen LogP contribution in [0.5, 0.6) is 0 Å². The highest BCUT2D eigenvalue weighted by Crippen LogP contribution is 2.19. The first-order valence-corrected chi connectivity index (χ1v) is 5.51. The third-order valence-corrected chi connectivity index (χ3v) is 2.61. The van der Waals surface area contributed by atoms with Crippen LogP contribution in [0.25, 0.3) is 10.9 Å². The molecule has 0 saturated heterocycles. The van der Waals surface area contributed by atoms with Crippen molar-refractivity contribution in [2.75, 3.05) is 6.54 Å². The second-order valence-electron chi connectivity index (χ2n) is 3.69. The molecule has 1 heterocycles. The minimum atomic E-state index is -0.140. The van der Waals surface area contributed by atoms with Crippen LogP contribution in [0.15, 0.2) is 30.3 Å². The number of aromatic nitrogens is 1. The van der Waals surface area contributed by atoms with E-state index in [9.17, 15) is 4.79 Å². The Labute approximate surface area is 99.5 Å². The predicted octanol–water partition coefficient (Wildman–Crippen LogP) is 1.91. The second-order valence-corrected chi connectivity index (χ2v) is 3.69. The molecule has 0 spiro atoms. The number of nitrogens with one attached hydrogen (secondary N) is 1. The fourth-order valence-corrected chi connectivity index (χ4v) is 1.89. The van der Waals surface area contributed by atoms with Crippen molar-refractivity contribution in [2.24, 2.45) is 0 Å². The lowest BCUT2D eigenvalue weighted by atomic mass is 10.2. The zero-order valence-corrected chi connectivity index (χ0v) is 9.60. The van der Waals surface area contributed by atoms with Gasteiger partial charge in [-0.25, -0.2) is 0 Å². The van der Waals surface area contributed by atoms with E-state index in [-0.39, 0.29) is 12.5 Å². The molecule has 2 aromatic rings. The molecule has 0 bridgehead atoms. The highest BCUT2D eigenvalue weighted by atomic mass is 16.1. The molecule has 0 fully saturated rings. The molecule has 0 saturated carbocycles. The lowest BCUT2D eigenvalue weighted by molar-refractivity contribution is 0.0947. The van der Waals surface area contributed by atoms with Crippen molar-refractivity contribution >= 4 is 16.8 Å². The fourth-order valence-electron chi connectivity index (χ4n) is 1.89. The molecule has 0 aliphatic rings. The zero-order valence-electron chi connectivity index (χ0n) is 9.60. The smallest absolute Gasteiger partial charge is 0.267 e. The van der Waals surface area contributed by atoms with E-state index in [2.05, 4.69) is 11.4 Å². The van der Waals surface area contributed by atoms with Crippen molar-refractivity contribution in [1.29, 1.82) is 5.26 Å². The molecule has 86 valence electrons. The summed E-state index contributed by atoms with van der Waals surface area (Å²) < 4.78 is 1.74. The Morgan fingerprint density at radius 3 is 2.94 bits per heavy atom.